The Hall–Kier alpha value is -3.06. The maximum absolute atomic E-state index is 15.0. The number of rotatable bonds is 11. The van der Waals surface area contributed by atoms with Gasteiger partial charge < -0.3 is 14.2 Å². The van der Waals surface area contributed by atoms with Crippen molar-refractivity contribution < 1.29 is 31.8 Å². The Morgan fingerprint density at radius 3 is 2.16 bits per heavy atom. The lowest BCUT2D eigenvalue weighted by Crippen LogP contribution is -2.22. The van der Waals surface area contributed by atoms with Crippen LogP contribution in [0.3, 0.4) is 0 Å². The van der Waals surface area contributed by atoms with Gasteiger partial charge in [-0.1, -0.05) is 37.6 Å². The van der Waals surface area contributed by atoms with E-state index in [0.717, 1.165) is 45.1 Å². The molecule has 0 radical (unpaired) electrons. The molecule has 1 saturated carbocycles. The molecular formula is C31H34F4O3. The van der Waals surface area contributed by atoms with Gasteiger partial charge in [0.15, 0.2) is 23.2 Å². The molecule has 0 unspecified atom stereocenters. The maximum atomic E-state index is 15.0. The van der Waals surface area contributed by atoms with E-state index < -0.39 is 23.3 Å². The summed E-state index contributed by atoms with van der Waals surface area (Å²) in [4.78, 5) is 0. The number of halogens is 4. The fraction of sp³-hybridized carbons (Fsp3) is 0.419. The smallest absolute Gasteiger partial charge is 0.201 e. The molecule has 0 atom stereocenters. The largest absolute Gasteiger partial charge is 0.491 e. The number of ether oxygens (including phenoxy) is 3. The third-order valence-corrected chi connectivity index (χ3v) is 7.06. The van der Waals surface area contributed by atoms with Gasteiger partial charge in [-0.3, -0.25) is 0 Å². The second-order valence-electron chi connectivity index (χ2n) is 9.63. The summed E-state index contributed by atoms with van der Waals surface area (Å²) in [6.45, 7) is 4.63. The SMILES string of the molecule is CCCCOC1CCC(c2ccc(COc3ccc(-c4ccc(OCC)c(F)c4F)cc3)c(F)c2F)CC1. The van der Waals surface area contributed by atoms with Crippen LogP contribution in [0.1, 0.15) is 69.4 Å². The molecule has 0 N–H and O–H groups in total. The van der Waals surface area contributed by atoms with Crippen molar-refractivity contribution >= 4 is 0 Å². The molecule has 0 aromatic heterocycles. The summed E-state index contributed by atoms with van der Waals surface area (Å²) in [5.41, 5.74) is 1.06. The van der Waals surface area contributed by atoms with Crippen molar-refractivity contribution in [3.63, 3.8) is 0 Å². The second-order valence-corrected chi connectivity index (χ2v) is 9.63. The van der Waals surface area contributed by atoms with Crippen molar-refractivity contribution in [2.24, 2.45) is 0 Å². The Morgan fingerprint density at radius 1 is 0.737 bits per heavy atom. The minimum atomic E-state index is -1.04. The Balaban J connectivity index is 1.36. The zero-order chi connectivity index (χ0) is 27.1. The van der Waals surface area contributed by atoms with Gasteiger partial charge in [-0.25, -0.2) is 13.2 Å². The van der Waals surface area contributed by atoms with E-state index in [0.29, 0.717) is 16.9 Å². The first-order valence-corrected chi connectivity index (χ1v) is 13.3. The fourth-order valence-corrected chi connectivity index (χ4v) is 4.88. The zero-order valence-corrected chi connectivity index (χ0v) is 21.9. The number of hydrogen-bond donors (Lipinski definition) is 0. The molecule has 204 valence electrons. The summed E-state index contributed by atoms with van der Waals surface area (Å²) in [5.74, 6) is -3.52. The van der Waals surface area contributed by atoms with Gasteiger partial charge in [-0.15, -0.1) is 0 Å². The molecule has 1 aliphatic carbocycles. The molecule has 0 saturated heterocycles. The standard InChI is InChI=1S/C31H34F4O3/c1-3-5-18-37-23-11-6-20(7-12-23)25-15-10-22(28(32)29(25)33)19-38-24-13-8-21(9-14-24)26-16-17-27(36-4-2)31(35)30(26)34/h8-10,13-17,20,23H,3-7,11-12,18-19H2,1-2H3. The highest BCUT2D eigenvalue weighted by molar-refractivity contribution is 5.66. The third-order valence-electron chi connectivity index (χ3n) is 7.06. The fourth-order valence-electron chi connectivity index (χ4n) is 4.88. The van der Waals surface area contributed by atoms with E-state index in [1.807, 2.05) is 0 Å². The van der Waals surface area contributed by atoms with Crippen molar-refractivity contribution in [1.29, 1.82) is 0 Å². The molecular weight excluding hydrogens is 496 g/mol. The van der Waals surface area contributed by atoms with Crippen molar-refractivity contribution in [3.8, 4) is 22.6 Å². The van der Waals surface area contributed by atoms with Crippen LogP contribution in [0.15, 0.2) is 48.5 Å². The lowest BCUT2D eigenvalue weighted by molar-refractivity contribution is 0.0230. The Kier molecular flexibility index (Phi) is 9.67. The Morgan fingerprint density at radius 2 is 1.47 bits per heavy atom. The molecule has 0 amide bonds. The maximum Gasteiger partial charge on any atom is 0.201 e. The molecule has 0 bridgehead atoms. The highest BCUT2D eigenvalue weighted by Crippen LogP contribution is 2.37. The molecule has 0 spiro atoms. The van der Waals surface area contributed by atoms with Crippen molar-refractivity contribution in [1.82, 2.24) is 0 Å². The summed E-state index contributed by atoms with van der Waals surface area (Å²) in [5, 5.41) is 0. The lowest BCUT2D eigenvalue weighted by atomic mass is 9.82. The first-order chi connectivity index (χ1) is 18.4. The van der Waals surface area contributed by atoms with E-state index in [4.69, 9.17) is 14.2 Å². The minimum absolute atomic E-state index is 0.0223. The molecule has 38 heavy (non-hydrogen) atoms. The summed E-state index contributed by atoms with van der Waals surface area (Å²) in [7, 11) is 0. The van der Waals surface area contributed by atoms with Crippen LogP contribution >= 0.6 is 0 Å². The molecule has 0 heterocycles. The predicted octanol–water partition coefficient (Wildman–Crippen LogP) is 8.73. The molecule has 3 nitrogen and oxygen atoms in total. The lowest BCUT2D eigenvalue weighted by Gasteiger charge is -2.29. The predicted molar refractivity (Wildman–Crippen MR) is 140 cm³/mol. The topological polar surface area (TPSA) is 27.7 Å². The van der Waals surface area contributed by atoms with Gasteiger partial charge in [0.2, 0.25) is 5.82 Å². The average Bonchev–Trinajstić information content (AvgIpc) is 2.93. The highest BCUT2D eigenvalue weighted by atomic mass is 19.2. The monoisotopic (exact) mass is 530 g/mol. The van der Waals surface area contributed by atoms with E-state index in [-0.39, 0.29) is 42.1 Å². The quantitative estimate of drug-likeness (QED) is 0.183. The summed E-state index contributed by atoms with van der Waals surface area (Å²) >= 11 is 0. The van der Waals surface area contributed by atoms with Crippen molar-refractivity contribution in [2.45, 2.75) is 71.0 Å². The van der Waals surface area contributed by atoms with Crippen LogP contribution in [0, 0.1) is 23.3 Å². The number of benzene rings is 3. The zero-order valence-electron chi connectivity index (χ0n) is 21.9. The first kappa shape index (κ1) is 28.0. The van der Waals surface area contributed by atoms with Gasteiger partial charge in [-0.2, -0.15) is 4.39 Å². The summed E-state index contributed by atoms with van der Waals surface area (Å²) in [6.07, 6.45) is 5.57. The summed E-state index contributed by atoms with van der Waals surface area (Å²) in [6, 6.07) is 12.4. The van der Waals surface area contributed by atoms with E-state index >= 15 is 0 Å². The Labute approximate surface area is 221 Å². The molecule has 4 rings (SSSR count). The highest BCUT2D eigenvalue weighted by Gasteiger charge is 2.27. The van der Waals surface area contributed by atoms with Crippen molar-refractivity contribution in [2.75, 3.05) is 13.2 Å². The molecule has 0 aliphatic heterocycles. The minimum Gasteiger partial charge on any atom is -0.491 e. The van der Waals surface area contributed by atoms with Crippen LogP contribution in [-0.4, -0.2) is 19.3 Å². The van der Waals surface area contributed by atoms with Crippen LogP contribution in [0.2, 0.25) is 0 Å². The van der Waals surface area contributed by atoms with Gasteiger partial charge in [0.25, 0.3) is 0 Å². The molecule has 1 fully saturated rings. The van der Waals surface area contributed by atoms with Crippen molar-refractivity contribution in [3.05, 3.63) is 82.9 Å². The normalized spacial score (nSPS) is 17.4. The average molecular weight is 531 g/mol. The van der Waals surface area contributed by atoms with E-state index in [2.05, 4.69) is 6.92 Å². The van der Waals surface area contributed by atoms with Gasteiger partial charge in [0.1, 0.15) is 12.4 Å². The molecule has 3 aromatic rings. The molecule has 1 aliphatic rings. The van der Waals surface area contributed by atoms with Gasteiger partial charge in [0.05, 0.1) is 12.7 Å². The van der Waals surface area contributed by atoms with Gasteiger partial charge in [-0.05, 0) is 80.3 Å². The van der Waals surface area contributed by atoms with E-state index in [9.17, 15) is 17.6 Å². The third kappa shape index (κ3) is 6.49. The number of unbranched alkanes of at least 4 members (excludes halogenated alkanes) is 1. The first-order valence-electron chi connectivity index (χ1n) is 13.3. The second kappa shape index (κ2) is 13.1. The Bertz CT molecular complexity index is 1200. The van der Waals surface area contributed by atoms with Crippen LogP contribution in [0.4, 0.5) is 17.6 Å². The summed E-state index contributed by atoms with van der Waals surface area (Å²) < 4.78 is 75.2. The van der Waals surface area contributed by atoms with E-state index in [1.54, 1.807) is 43.3 Å². The van der Waals surface area contributed by atoms with Gasteiger partial charge in [0, 0.05) is 17.7 Å². The molecule has 3 aromatic carbocycles. The van der Waals surface area contributed by atoms with E-state index in [1.165, 1.54) is 12.1 Å². The van der Waals surface area contributed by atoms with Gasteiger partial charge >= 0.3 is 0 Å². The van der Waals surface area contributed by atoms with Crippen LogP contribution in [-0.2, 0) is 11.3 Å². The van der Waals surface area contributed by atoms with Crippen LogP contribution in [0.25, 0.3) is 11.1 Å². The van der Waals surface area contributed by atoms with Crippen LogP contribution < -0.4 is 9.47 Å². The number of hydrogen-bond acceptors (Lipinski definition) is 3. The molecule has 7 heteroatoms. The van der Waals surface area contributed by atoms with Crippen LogP contribution in [0.5, 0.6) is 11.5 Å².